The van der Waals surface area contributed by atoms with Gasteiger partial charge < -0.3 is 15.0 Å². The summed E-state index contributed by atoms with van der Waals surface area (Å²) in [6.07, 6.45) is 1.41. The van der Waals surface area contributed by atoms with E-state index in [1.165, 1.54) is 0 Å². The van der Waals surface area contributed by atoms with Crippen molar-refractivity contribution in [3.8, 4) is 0 Å². The molecule has 1 N–H and O–H groups in total. The monoisotopic (exact) mass is 216 g/mol. The number of methoxy groups -OCH3 is 1. The standard InChI is InChI=1S/C11H24N2O2/c1-11(2,15-5)9-10(14)13(4)8-6-7-12-3/h12H,6-9H2,1-5H3. The minimum atomic E-state index is -0.367. The SMILES string of the molecule is CNCCCN(C)C(=O)CC(C)(C)OC. The molecule has 0 aliphatic carbocycles. The van der Waals surface area contributed by atoms with Gasteiger partial charge in [0, 0.05) is 20.7 Å². The lowest BCUT2D eigenvalue weighted by Gasteiger charge is -2.25. The topological polar surface area (TPSA) is 41.6 Å². The first-order valence-electron chi connectivity index (χ1n) is 5.36. The third-order valence-corrected chi connectivity index (χ3v) is 2.48. The smallest absolute Gasteiger partial charge is 0.225 e. The zero-order valence-corrected chi connectivity index (χ0v) is 10.6. The number of ether oxygens (including phenoxy) is 1. The summed E-state index contributed by atoms with van der Waals surface area (Å²) in [4.78, 5) is 13.5. The van der Waals surface area contributed by atoms with Crippen LogP contribution < -0.4 is 5.32 Å². The maximum absolute atomic E-state index is 11.7. The summed E-state index contributed by atoms with van der Waals surface area (Å²) in [6.45, 7) is 5.57. The van der Waals surface area contributed by atoms with Gasteiger partial charge in [-0.15, -0.1) is 0 Å². The Morgan fingerprint density at radius 1 is 1.47 bits per heavy atom. The molecule has 0 atom stereocenters. The van der Waals surface area contributed by atoms with E-state index in [1.54, 1.807) is 12.0 Å². The Bertz CT molecular complexity index is 193. The minimum Gasteiger partial charge on any atom is -0.378 e. The van der Waals surface area contributed by atoms with Gasteiger partial charge in [0.1, 0.15) is 0 Å². The highest BCUT2D eigenvalue weighted by Gasteiger charge is 2.22. The van der Waals surface area contributed by atoms with Crippen molar-refractivity contribution < 1.29 is 9.53 Å². The van der Waals surface area contributed by atoms with Crippen LogP contribution in [-0.4, -0.2) is 50.7 Å². The van der Waals surface area contributed by atoms with E-state index in [-0.39, 0.29) is 11.5 Å². The first kappa shape index (κ1) is 14.4. The van der Waals surface area contributed by atoms with Gasteiger partial charge in [-0.2, -0.15) is 0 Å². The van der Waals surface area contributed by atoms with Gasteiger partial charge in [0.15, 0.2) is 0 Å². The van der Waals surface area contributed by atoms with Crippen molar-refractivity contribution in [1.82, 2.24) is 10.2 Å². The fourth-order valence-corrected chi connectivity index (χ4v) is 1.19. The second-order valence-electron chi connectivity index (χ2n) is 4.41. The Morgan fingerprint density at radius 3 is 2.53 bits per heavy atom. The van der Waals surface area contributed by atoms with Crippen molar-refractivity contribution in [1.29, 1.82) is 0 Å². The van der Waals surface area contributed by atoms with Crippen LogP contribution in [0.3, 0.4) is 0 Å². The summed E-state index contributed by atoms with van der Waals surface area (Å²) in [6, 6.07) is 0. The van der Waals surface area contributed by atoms with Crippen molar-refractivity contribution >= 4 is 5.91 Å². The van der Waals surface area contributed by atoms with Gasteiger partial charge in [-0.25, -0.2) is 0 Å². The van der Waals surface area contributed by atoms with Gasteiger partial charge in [0.25, 0.3) is 0 Å². The zero-order valence-electron chi connectivity index (χ0n) is 10.6. The molecule has 15 heavy (non-hydrogen) atoms. The van der Waals surface area contributed by atoms with Crippen molar-refractivity contribution in [3.05, 3.63) is 0 Å². The molecular formula is C11H24N2O2. The number of hydrogen-bond donors (Lipinski definition) is 1. The number of carbonyl (C=O) groups excluding carboxylic acids is 1. The lowest BCUT2D eigenvalue weighted by molar-refractivity contribution is -0.135. The number of nitrogens with one attached hydrogen (secondary N) is 1. The number of hydrogen-bond acceptors (Lipinski definition) is 3. The minimum absolute atomic E-state index is 0.137. The summed E-state index contributed by atoms with van der Waals surface area (Å²) in [5.41, 5.74) is -0.367. The van der Waals surface area contributed by atoms with Crippen LogP contribution in [0.15, 0.2) is 0 Å². The second-order valence-corrected chi connectivity index (χ2v) is 4.41. The van der Waals surface area contributed by atoms with Crippen LogP contribution in [0.2, 0.25) is 0 Å². The lowest BCUT2D eigenvalue weighted by atomic mass is 10.0. The third kappa shape index (κ3) is 6.47. The van der Waals surface area contributed by atoms with Crippen LogP contribution in [-0.2, 0) is 9.53 Å². The Morgan fingerprint density at radius 2 is 2.07 bits per heavy atom. The van der Waals surface area contributed by atoms with Gasteiger partial charge in [0.05, 0.1) is 12.0 Å². The van der Waals surface area contributed by atoms with Crippen LogP contribution in [0.5, 0.6) is 0 Å². The molecule has 0 saturated heterocycles. The number of carbonyl (C=O) groups is 1. The average molecular weight is 216 g/mol. The van der Waals surface area contributed by atoms with E-state index in [1.807, 2.05) is 27.9 Å². The molecule has 0 spiro atoms. The molecule has 0 aromatic heterocycles. The van der Waals surface area contributed by atoms with Crippen molar-refractivity contribution in [3.63, 3.8) is 0 Å². The molecule has 1 amide bonds. The molecule has 4 nitrogen and oxygen atoms in total. The molecule has 0 aromatic rings. The molecule has 0 aromatic carbocycles. The Labute approximate surface area is 93.0 Å². The fraction of sp³-hybridized carbons (Fsp3) is 0.909. The van der Waals surface area contributed by atoms with E-state index in [2.05, 4.69) is 5.32 Å². The molecule has 0 aliphatic heterocycles. The van der Waals surface area contributed by atoms with Gasteiger partial charge >= 0.3 is 0 Å². The van der Waals surface area contributed by atoms with E-state index in [4.69, 9.17) is 4.74 Å². The van der Waals surface area contributed by atoms with Crippen molar-refractivity contribution in [2.24, 2.45) is 0 Å². The van der Waals surface area contributed by atoms with Crippen molar-refractivity contribution in [2.45, 2.75) is 32.3 Å². The van der Waals surface area contributed by atoms with Gasteiger partial charge in [0.2, 0.25) is 5.91 Å². The molecule has 0 fully saturated rings. The molecule has 0 unspecified atom stereocenters. The summed E-state index contributed by atoms with van der Waals surface area (Å²) < 4.78 is 5.22. The molecule has 0 aliphatic rings. The predicted octanol–water partition coefficient (Wildman–Crippen LogP) is 0.869. The highest BCUT2D eigenvalue weighted by Crippen LogP contribution is 2.14. The van der Waals surface area contributed by atoms with E-state index >= 15 is 0 Å². The van der Waals surface area contributed by atoms with Crippen LogP contribution in [0.25, 0.3) is 0 Å². The normalized spacial score (nSPS) is 11.5. The Hall–Kier alpha value is -0.610. The maximum atomic E-state index is 11.7. The molecule has 0 saturated carbocycles. The first-order valence-corrected chi connectivity index (χ1v) is 5.36. The summed E-state index contributed by atoms with van der Waals surface area (Å²) >= 11 is 0. The number of nitrogens with zero attached hydrogens (tertiary/aromatic N) is 1. The highest BCUT2D eigenvalue weighted by atomic mass is 16.5. The third-order valence-electron chi connectivity index (χ3n) is 2.48. The molecule has 0 radical (unpaired) electrons. The number of amides is 1. The average Bonchev–Trinajstić information content (AvgIpc) is 2.17. The van der Waals surface area contributed by atoms with Crippen molar-refractivity contribution in [2.75, 3.05) is 34.3 Å². The Balaban J connectivity index is 3.88. The highest BCUT2D eigenvalue weighted by molar-refractivity contribution is 5.76. The quantitative estimate of drug-likeness (QED) is 0.642. The summed E-state index contributed by atoms with van der Waals surface area (Å²) in [5.74, 6) is 0.137. The predicted molar refractivity (Wildman–Crippen MR) is 61.9 cm³/mol. The Kier molecular flexibility index (Phi) is 6.52. The molecule has 0 bridgehead atoms. The zero-order chi connectivity index (χ0) is 11.9. The summed E-state index contributed by atoms with van der Waals surface area (Å²) in [7, 11) is 5.38. The molecule has 90 valence electrons. The van der Waals surface area contributed by atoms with Gasteiger partial charge in [-0.05, 0) is 33.9 Å². The van der Waals surface area contributed by atoms with Gasteiger partial charge in [-0.1, -0.05) is 0 Å². The van der Waals surface area contributed by atoms with Crippen LogP contribution >= 0.6 is 0 Å². The molecule has 0 heterocycles. The van der Waals surface area contributed by atoms with E-state index < -0.39 is 0 Å². The summed E-state index contributed by atoms with van der Waals surface area (Å²) in [5, 5.41) is 3.06. The lowest BCUT2D eigenvalue weighted by Crippen LogP contribution is -2.36. The fourth-order valence-electron chi connectivity index (χ4n) is 1.19. The van der Waals surface area contributed by atoms with E-state index in [0.717, 1.165) is 19.5 Å². The van der Waals surface area contributed by atoms with E-state index in [9.17, 15) is 4.79 Å². The molecular weight excluding hydrogens is 192 g/mol. The first-order chi connectivity index (χ1) is 6.93. The van der Waals surface area contributed by atoms with Crippen LogP contribution in [0, 0.1) is 0 Å². The molecule has 0 rings (SSSR count). The van der Waals surface area contributed by atoms with Gasteiger partial charge in [-0.3, -0.25) is 4.79 Å². The van der Waals surface area contributed by atoms with Crippen LogP contribution in [0.4, 0.5) is 0 Å². The number of rotatable bonds is 7. The molecule has 4 heteroatoms. The second kappa shape index (κ2) is 6.80. The van der Waals surface area contributed by atoms with Crippen LogP contribution in [0.1, 0.15) is 26.7 Å². The van der Waals surface area contributed by atoms with E-state index in [0.29, 0.717) is 6.42 Å². The maximum Gasteiger partial charge on any atom is 0.225 e. The largest absolute Gasteiger partial charge is 0.378 e.